The maximum Gasteiger partial charge on any atom is 0.171 e. The first-order valence-electron chi connectivity index (χ1n) is 3.66. The van der Waals surface area contributed by atoms with Gasteiger partial charge in [-0.1, -0.05) is 12.1 Å². The Morgan fingerprint density at radius 3 is 2.31 bits per heavy atom. The third kappa shape index (κ3) is 2.77. The Morgan fingerprint density at radius 2 is 1.77 bits per heavy atom. The van der Waals surface area contributed by atoms with Gasteiger partial charge in [0.15, 0.2) is 17.8 Å². The van der Waals surface area contributed by atoms with Gasteiger partial charge in [-0.3, -0.25) is 0 Å². The van der Waals surface area contributed by atoms with E-state index in [1.807, 2.05) is 0 Å². The van der Waals surface area contributed by atoms with Crippen LogP contribution < -0.4 is 0 Å². The molecule has 0 saturated heterocycles. The number of aliphatic hydroxyl groups excluding tert-OH is 1. The van der Waals surface area contributed by atoms with Crippen LogP contribution in [0.4, 0.5) is 0 Å². The molecule has 0 radical (unpaired) electrons. The molecule has 4 N–H and O–H groups in total. The van der Waals surface area contributed by atoms with Gasteiger partial charge in [-0.05, 0) is 23.8 Å². The van der Waals surface area contributed by atoms with Crippen LogP contribution in [0.15, 0.2) is 24.3 Å². The number of phenolic OH excluding ortho intramolecular Hbond substituents is 2. The molecular formula is C9H10O4. The van der Waals surface area contributed by atoms with E-state index < -0.39 is 6.29 Å². The standard InChI is InChI=1S/C9H10O4/c10-7-3-1-6(5-8(7)11)2-4-9(12)13/h1-5,9-13H/b4-2+. The van der Waals surface area contributed by atoms with Gasteiger partial charge in [0.25, 0.3) is 0 Å². The van der Waals surface area contributed by atoms with Crippen LogP contribution in [0.25, 0.3) is 6.08 Å². The van der Waals surface area contributed by atoms with Crippen LogP contribution >= 0.6 is 0 Å². The lowest BCUT2D eigenvalue weighted by atomic mass is 10.2. The molecule has 1 aromatic rings. The molecule has 1 rings (SSSR count). The molecule has 0 bridgehead atoms. The lowest BCUT2D eigenvalue weighted by Gasteiger charge is -1.98. The molecule has 0 saturated carbocycles. The second-order valence-electron chi connectivity index (χ2n) is 2.52. The maximum absolute atomic E-state index is 9.06. The van der Waals surface area contributed by atoms with Gasteiger partial charge in [0.05, 0.1) is 0 Å². The van der Waals surface area contributed by atoms with Crippen molar-refractivity contribution in [1.29, 1.82) is 0 Å². The summed E-state index contributed by atoms with van der Waals surface area (Å²) in [6.45, 7) is 0. The molecule has 0 aliphatic carbocycles. The molecule has 0 atom stereocenters. The average molecular weight is 182 g/mol. The molecule has 0 unspecified atom stereocenters. The summed E-state index contributed by atoms with van der Waals surface area (Å²) in [6.07, 6.45) is 1.05. The lowest BCUT2D eigenvalue weighted by Crippen LogP contribution is -1.96. The highest BCUT2D eigenvalue weighted by atomic mass is 16.5. The fourth-order valence-corrected chi connectivity index (χ4v) is 0.841. The molecule has 70 valence electrons. The average Bonchev–Trinajstić information content (AvgIpc) is 2.07. The normalized spacial score (nSPS) is 11.3. The SMILES string of the molecule is Oc1ccc(/C=C/C(O)O)cc1O. The first kappa shape index (κ1) is 9.57. The van der Waals surface area contributed by atoms with Crippen LogP contribution in [-0.2, 0) is 0 Å². The highest BCUT2D eigenvalue weighted by Gasteiger charge is 1.97. The second-order valence-corrected chi connectivity index (χ2v) is 2.52. The Morgan fingerprint density at radius 1 is 1.08 bits per heavy atom. The van der Waals surface area contributed by atoms with Crippen LogP contribution in [0, 0.1) is 0 Å². The van der Waals surface area contributed by atoms with Crippen molar-refractivity contribution in [3.05, 3.63) is 29.8 Å². The van der Waals surface area contributed by atoms with Crippen molar-refractivity contribution in [2.45, 2.75) is 6.29 Å². The molecule has 0 amide bonds. The second kappa shape index (κ2) is 3.93. The number of aliphatic hydroxyl groups is 2. The number of aromatic hydroxyl groups is 2. The van der Waals surface area contributed by atoms with Crippen molar-refractivity contribution in [3.8, 4) is 11.5 Å². The fraction of sp³-hybridized carbons (Fsp3) is 0.111. The van der Waals surface area contributed by atoms with Crippen molar-refractivity contribution in [1.82, 2.24) is 0 Å². The first-order chi connectivity index (χ1) is 6.09. The largest absolute Gasteiger partial charge is 0.504 e. The van der Waals surface area contributed by atoms with Gasteiger partial charge in [0.1, 0.15) is 0 Å². The van der Waals surface area contributed by atoms with Gasteiger partial charge < -0.3 is 20.4 Å². The number of benzene rings is 1. The zero-order valence-corrected chi connectivity index (χ0v) is 6.75. The molecule has 0 fully saturated rings. The summed E-state index contributed by atoms with van der Waals surface area (Å²) in [6, 6.07) is 4.17. The molecule has 13 heavy (non-hydrogen) atoms. The van der Waals surface area contributed by atoms with Crippen LogP contribution in [0.1, 0.15) is 5.56 Å². The van der Waals surface area contributed by atoms with Crippen molar-refractivity contribution in [2.24, 2.45) is 0 Å². The van der Waals surface area contributed by atoms with E-state index in [1.165, 1.54) is 24.3 Å². The van der Waals surface area contributed by atoms with Crippen LogP contribution in [0.3, 0.4) is 0 Å². The molecule has 4 heteroatoms. The van der Waals surface area contributed by atoms with E-state index in [0.29, 0.717) is 5.56 Å². The fourth-order valence-electron chi connectivity index (χ4n) is 0.841. The highest BCUT2D eigenvalue weighted by Crippen LogP contribution is 2.25. The summed E-state index contributed by atoms with van der Waals surface area (Å²) in [5.74, 6) is -0.448. The van der Waals surface area contributed by atoms with Gasteiger partial charge in [-0.2, -0.15) is 0 Å². The highest BCUT2D eigenvalue weighted by molar-refractivity contribution is 5.55. The van der Waals surface area contributed by atoms with Gasteiger partial charge in [0, 0.05) is 0 Å². The third-order valence-electron chi connectivity index (χ3n) is 1.46. The molecule has 0 aromatic heterocycles. The van der Waals surface area contributed by atoms with Gasteiger partial charge in [-0.25, -0.2) is 0 Å². The minimum absolute atomic E-state index is 0.207. The minimum atomic E-state index is -1.52. The predicted octanol–water partition coefficient (Wildman–Crippen LogP) is 0.422. The Balaban J connectivity index is 2.85. The Kier molecular flexibility index (Phi) is 2.89. The zero-order valence-electron chi connectivity index (χ0n) is 6.75. The zero-order chi connectivity index (χ0) is 9.84. The summed E-state index contributed by atoms with van der Waals surface area (Å²) in [4.78, 5) is 0. The molecule has 4 nitrogen and oxygen atoms in total. The number of hydrogen-bond acceptors (Lipinski definition) is 4. The molecular weight excluding hydrogens is 172 g/mol. The summed E-state index contributed by atoms with van der Waals surface area (Å²) >= 11 is 0. The third-order valence-corrected chi connectivity index (χ3v) is 1.46. The van der Waals surface area contributed by atoms with E-state index in [0.717, 1.165) is 6.08 Å². The summed E-state index contributed by atoms with van der Waals surface area (Å²) < 4.78 is 0. The monoisotopic (exact) mass is 182 g/mol. The Hall–Kier alpha value is -1.52. The van der Waals surface area contributed by atoms with Crippen LogP contribution in [0.5, 0.6) is 11.5 Å². The van der Waals surface area contributed by atoms with Crippen LogP contribution in [-0.4, -0.2) is 26.7 Å². The summed E-state index contributed by atoms with van der Waals surface area (Å²) in [7, 11) is 0. The number of hydrogen-bond donors (Lipinski definition) is 4. The molecule has 0 aliphatic rings. The van der Waals surface area contributed by atoms with Crippen molar-refractivity contribution in [2.75, 3.05) is 0 Å². The van der Waals surface area contributed by atoms with Crippen molar-refractivity contribution >= 4 is 6.08 Å². The quantitative estimate of drug-likeness (QED) is 0.394. The number of phenols is 2. The van der Waals surface area contributed by atoms with E-state index in [4.69, 9.17) is 20.4 Å². The molecule has 0 aliphatic heterocycles. The van der Waals surface area contributed by atoms with E-state index in [2.05, 4.69) is 0 Å². The van der Waals surface area contributed by atoms with E-state index in [1.54, 1.807) is 0 Å². The Bertz CT molecular complexity index is 317. The van der Waals surface area contributed by atoms with E-state index >= 15 is 0 Å². The number of rotatable bonds is 2. The predicted molar refractivity (Wildman–Crippen MR) is 47.0 cm³/mol. The summed E-state index contributed by atoms with van der Waals surface area (Å²) in [5, 5.41) is 35.0. The first-order valence-corrected chi connectivity index (χ1v) is 3.66. The van der Waals surface area contributed by atoms with E-state index in [-0.39, 0.29) is 11.5 Å². The lowest BCUT2D eigenvalue weighted by molar-refractivity contribution is 0.00303. The maximum atomic E-state index is 9.06. The van der Waals surface area contributed by atoms with Crippen molar-refractivity contribution < 1.29 is 20.4 Å². The molecule has 0 heterocycles. The van der Waals surface area contributed by atoms with Gasteiger partial charge in [-0.15, -0.1) is 0 Å². The van der Waals surface area contributed by atoms with Gasteiger partial charge in [0.2, 0.25) is 0 Å². The van der Waals surface area contributed by atoms with Gasteiger partial charge >= 0.3 is 0 Å². The molecule has 1 aromatic carbocycles. The smallest absolute Gasteiger partial charge is 0.171 e. The van der Waals surface area contributed by atoms with E-state index in [9.17, 15) is 0 Å². The molecule has 0 spiro atoms. The topological polar surface area (TPSA) is 80.9 Å². The van der Waals surface area contributed by atoms with Crippen molar-refractivity contribution in [3.63, 3.8) is 0 Å². The minimum Gasteiger partial charge on any atom is -0.504 e. The Labute approximate surface area is 75.0 Å². The summed E-state index contributed by atoms with van der Waals surface area (Å²) in [5.41, 5.74) is 0.573. The van der Waals surface area contributed by atoms with Crippen LogP contribution in [0.2, 0.25) is 0 Å².